The van der Waals surface area contributed by atoms with Crippen LogP contribution in [0.2, 0.25) is 0 Å². The van der Waals surface area contributed by atoms with Gasteiger partial charge in [0.25, 0.3) is 0 Å². The second-order valence-corrected chi connectivity index (χ2v) is 6.14. The predicted octanol–water partition coefficient (Wildman–Crippen LogP) is 3.63. The van der Waals surface area contributed by atoms with Gasteiger partial charge in [-0.15, -0.1) is 0 Å². The van der Waals surface area contributed by atoms with Gasteiger partial charge in [0.1, 0.15) is 5.82 Å². The number of aromatic nitrogens is 4. The normalized spacial score (nSPS) is 11.0. The molecule has 0 fully saturated rings. The van der Waals surface area contributed by atoms with Gasteiger partial charge in [0.15, 0.2) is 0 Å². The lowest BCUT2D eigenvalue weighted by atomic mass is 10.2. The molecule has 130 valence electrons. The van der Waals surface area contributed by atoms with E-state index in [1.165, 1.54) is 0 Å². The molecule has 0 saturated heterocycles. The first-order chi connectivity index (χ1) is 12.7. The summed E-state index contributed by atoms with van der Waals surface area (Å²) in [6.45, 7) is 1.87. The van der Waals surface area contributed by atoms with E-state index >= 15 is 0 Å². The maximum absolute atomic E-state index is 12.3. The Labute approximate surface area is 150 Å². The van der Waals surface area contributed by atoms with Crippen LogP contribution in [-0.4, -0.2) is 25.7 Å². The van der Waals surface area contributed by atoms with Gasteiger partial charge in [-0.1, -0.05) is 30.3 Å². The topological polar surface area (TPSA) is 75.6 Å². The number of anilines is 1. The Bertz CT molecular complexity index is 1050. The third-order valence-corrected chi connectivity index (χ3v) is 4.32. The molecule has 0 aliphatic carbocycles. The van der Waals surface area contributed by atoms with E-state index in [2.05, 4.69) is 20.1 Å². The molecule has 1 amide bonds. The van der Waals surface area contributed by atoms with Crippen molar-refractivity contribution in [3.05, 3.63) is 72.3 Å². The number of carbonyl (C=O) groups is 1. The maximum atomic E-state index is 12.3. The van der Waals surface area contributed by atoms with Crippen molar-refractivity contribution in [1.82, 2.24) is 19.7 Å². The summed E-state index contributed by atoms with van der Waals surface area (Å²) in [5.41, 5.74) is 4.57. The Balaban J connectivity index is 1.60. The van der Waals surface area contributed by atoms with Crippen LogP contribution in [0, 0.1) is 6.92 Å². The van der Waals surface area contributed by atoms with Crippen molar-refractivity contribution in [3.63, 3.8) is 0 Å². The van der Waals surface area contributed by atoms with E-state index in [1.807, 2.05) is 61.5 Å². The summed E-state index contributed by atoms with van der Waals surface area (Å²) >= 11 is 0. The molecule has 26 heavy (non-hydrogen) atoms. The van der Waals surface area contributed by atoms with Gasteiger partial charge in [0.05, 0.1) is 28.6 Å². The largest absolute Gasteiger partial charge is 0.323 e. The van der Waals surface area contributed by atoms with Gasteiger partial charge in [-0.25, -0.2) is 4.98 Å². The third kappa shape index (κ3) is 3.09. The molecule has 0 bridgehead atoms. The van der Waals surface area contributed by atoms with Crippen LogP contribution in [0.4, 0.5) is 5.69 Å². The Morgan fingerprint density at radius 2 is 1.88 bits per heavy atom. The van der Waals surface area contributed by atoms with Gasteiger partial charge in [0.2, 0.25) is 5.91 Å². The van der Waals surface area contributed by atoms with Gasteiger partial charge < -0.3 is 5.32 Å². The van der Waals surface area contributed by atoms with E-state index in [0.29, 0.717) is 18.5 Å². The van der Waals surface area contributed by atoms with Crippen LogP contribution in [-0.2, 0) is 11.2 Å². The number of aryl methyl sites for hydroxylation is 2. The molecule has 0 saturated carbocycles. The molecule has 0 radical (unpaired) electrons. The van der Waals surface area contributed by atoms with Crippen LogP contribution in [0.3, 0.4) is 0 Å². The van der Waals surface area contributed by atoms with Gasteiger partial charge in [-0.05, 0) is 31.2 Å². The number of nitrogens with one attached hydrogen (secondary N) is 2. The average molecular weight is 345 g/mol. The monoisotopic (exact) mass is 345 g/mol. The molecule has 2 aromatic carbocycles. The van der Waals surface area contributed by atoms with Crippen molar-refractivity contribution in [2.75, 3.05) is 5.32 Å². The lowest BCUT2D eigenvalue weighted by molar-refractivity contribution is -0.116. The van der Waals surface area contributed by atoms with Crippen LogP contribution >= 0.6 is 0 Å². The first kappa shape index (κ1) is 16.1. The van der Waals surface area contributed by atoms with Gasteiger partial charge in [-0.3, -0.25) is 14.5 Å². The molecular weight excluding hydrogens is 326 g/mol. The third-order valence-electron chi connectivity index (χ3n) is 4.32. The second kappa shape index (κ2) is 6.84. The van der Waals surface area contributed by atoms with Crippen LogP contribution < -0.4 is 5.32 Å². The molecule has 6 heteroatoms. The van der Waals surface area contributed by atoms with E-state index in [4.69, 9.17) is 4.98 Å². The van der Waals surface area contributed by atoms with E-state index in [1.54, 1.807) is 6.20 Å². The quantitative estimate of drug-likeness (QED) is 0.580. The van der Waals surface area contributed by atoms with Crippen molar-refractivity contribution < 1.29 is 4.79 Å². The summed E-state index contributed by atoms with van der Waals surface area (Å²) in [4.78, 5) is 17.0. The Morgan fingerprint density at radius 1 is 1.12 bits per heavy atom. The smallest absolute Gasteiger partial charge is 0.224 e. The van der Waals surface area contributed by atoms with Crippen molar-refractivity contribution in [1.29, 1.82) is 0 Å². The zero-order valence-electron chi connectivity index (χ0n) is 14.4. The summed E-state index contributed by atoms with van der Waals surface area (Å²) in [5, 5.41) is 9.62. The molecule has 0 unspecified atom stereocenters. The predicted molar refractivity (Wildman–Crippen MR) is 101 cm³/mol. The number of rotatable bonds is 5. The lowest BCUT2D eigenvalue weighted by Crippen LogP contribution is -2.14. The molecule has 2 aromatic heterocycles. The molecule has 0 aliphatic heterocycles. The SMILES string of the molecule is Cc1[nH]ncc1NC(=O)CCc1nc2ccccc2n1-c1ccccc1. The number of amides is 1. The molecular formula is C20H19N5O. The molecule has 2 N–H and O–H groups in total. The summed E-state index contributed by atoms with van der Waals surface area (Å²) in [6, 6.07) is 18.1. The maximum Gasteiger partial charge on any atom is 0.224 e. The molecule has 0 aliphatic rings. The second-order valence-electron chi connectivity index (χ2n) is 6.14. The van der Waals surface area contributed by atoms with E-state index in [-0.39, 0.29) is 5.91 Å². The number of hydrogen-bond acceptors (Lipinski definition) is 3. The Morgan fingerprint density at radius 3 is 2.65 bits per heavy atom. The Kier molecular flexibility index (Phi) is 4.23. The van der Waals surface area contributed by atoms with Gasteiger partial charge in [-0.2, -0.15) is 5.10 Å². The molecule has 6 nitrogen and oxygen atoms in total. The van der Waals surface area contributed by atoms with Crippen molar-refractivity contribution in [2.24, 2.45) is 0 Å². The number of hydrogen-bond donors (Lipinski definition) is 2. The number of imidazole rings is 1. The average Bonchev–Trinajstić information content (AvgIpc) is 3.24. The van der Waals surface area contributed by atoms with Crippen LogP contribution in [0.1, 0.15) is 17.9 Å². The fourth-order valence-corrected chi connectivity index (χ4v) is 3.02. The fourth-order valence-electron chi connectivity index (χ4n) is 3.02. The number of carbonyl (C=O) groups excluding carboxylic acids is 1. The van der Waals surface area contributed by atoms with Gasteiger partial charge in [0, 0.05) is 18.5 Å². The minimum absolute atomic E-state index is 0.0545. The van der Waals surface area contributed by atoms with Crippen molar-refractivity contribution >= 4 is 22.6 Å². The van der Waals surface area contributed by atoms with E-state index < -0.39 is 0 Å². The highest BCUT2D eigenvalue weighted by Gasteiger charge is 2.14. The lowest BCUT2D eigenvalue weighted by Gasteiger charge is -2.09. The number of fused-ring (bicyclic) bond motifs is 1. The minimum Gasteiger partial charge on any atom is -0.323 e. The molecule has 2 heterocycles. The minimum atomic E-state index is -0.0545. The Hall–Kier alpha value is -3.41. The highest BCUT2D eigenvalue weighted by molar-refractivity contribution is 5.91. The first-order valence-electron chi connectivity index (χ1n) is 8.54. The molecule has 4 aromatic rings. The van der Waals surface area contributed by atoms with E-state index in [9.17, 15) is 4.79 Å². The number of para-hydroxylation sites is 3. The summed E-state index contributed by atoms with van der Waals surface area (Å²) in [5.74, 6) is 0.817. The molecule has 4 rings (SSSR count). The zero-order valence-corrected chi connectivity index (χ0v) is 14.4. The number of H-pyrrole nitrogens is 1. The summed E-state index contributed by atoms with van der Waals surface area (Å²) in [6.07, 6.45) is 2.51. The zero-order chi connectivity index (χ0) is 17.9. The molecule has 0 spiro atoms. The van der Waals surface area contributed by atoms with Crippen LogP contribution in [0.5, 0.6) is 0 Å². The molecule has 0 atom stereocenters. The van der Waals surface area contributed by atoms with Crippen LogP contribution in [0.25, 0.3) is 16.7 Å². The number of benzene rings is 2. The summed E-state index contributed by atoms with van der Waals surface area (Å²) < 4.78 is 2.12. The fraction of sp³-hybridized carbons (Fsp3) is 0.150. The highest BCUT2D eigenvalue weighted by atomic mass is 16.1. The van der Waals surface area contributed by atoms with Crippen molar-refractivity contribution in [2.45, 2.75) is 19.8 Å². The highest BCUT2D eigenvalue weighted by Crippen LogP contribution is 2.22. The van der Waals surface area contributed by atoms with Gasteiger partial charge >= 0.3 is 0 Å². The van der Waals surface area contributed by atoms with E-state index in [0.717, 1.165) is 28.2 Å². The summed E-state index contributed by atoms with van der Waals surface area (Å²) in [7, 11) is 0. The standard InChI is InChI=1S/C20H19N5O/c1-14-17(13-21-24-14)23-20(26)12-11-19-22-16-9-5-6-10-18(16)25(19)15-7-3-2-4-8-15/h2-10,13H,11-12H2,1H3,(H,21,24)(H,23,26). The van der Waals surface area contributed by atoms with Crippen LogP contribution in [0.15, 0.2) is 60.8 Å². The van der Waals surface area contributed by atoms with Crippen molar-refractivity contribution in [3.8, 4) is 5.69 Å². The number of aromatic amines is 1. The first-order valence-corrected chi connectivity index (χ1v) is 8.54. The number of nitrogens with zero attached hydrogens (tertiary/aromatic N) is 3.